The standard InChI is InChI=1S/C10H22N2O2/c1-3-4-5-6-7-8(2)10(11,12)9(13)14/h8H,3-7,11-12H2,1-2H3,(H,13,14). The average Bonchev–Trinajstić information content (AvgIpc) is 2.11. The molecule has 0 aliphatic heterocycles. The summed E-state index contributed by atoms with van der Waals surface area (Å²) in [6.45, 7) is 3.93. The van der Waals surface area contributed by atoms with Crippen LogP contribution in [-0.4, -0.2) is 16.7 Å². The van der Waals surface area contributed by atoms with Crippen LogP contribution in [0.2, 0.25) is 0 Å². The quantitative estimate of drug-likeness (QED) is 0.428. The molecule has 1 unspecified atom stereocenters. The van der Waals surface area contributed by atoms with Crippen LogP contribution in [0.15, 0.2) is 0 Å². The minimum absolute atomic E-state index is 0.183. The third kappa shape index (κ3) is 4.07. The first kappa shape index (κ1) is 13.4. The smallest absolute Gasteiger partial charge is 0.338 e. The first-order valence-electron chi connectivity index (χ1n) is 5.24. The zero-order valence-corrected chi connectivity index (χ0v) is 9.12. The molecule has 0 bridgehead atoms. The Bertz CT molecular complexity index is 181. The average molecular weight is 202 g/mol. The third-order valence-electron chi connectivity index (χ3n) is 2.68. The molecule has 0 saturated heterocycles. The van der Waals surface area contributed by atoms with E-state index < -0.39 is 11.6 Å². The maximum absolute atomic E-state index is 10.7. The molecule has 4 nitrogen and oxygen atoms in total. The molecule has 4 heteroatoms. The Balaban J connectivity index is 3.83. The highest BCUT2D eigenvalue weighted by atomic mass is 16.4. The van der Waals surface area contributed by atoms with E-state index in [4.69, 9.17) is 16.6 Å². The molecule has 84 valence electrons. The molecule has 0 saturated carbocycles. The van der Waals surface area contributed by atoms with Crippen molar-refractivity contribution in [2.24, 2.45) is 17.4 Å². The van der Waals surface area contributed by atoms with Gasteiger partial charge < -0.3 is 16.6 Å². The maximum Gasteiger partial charge on any atom is 0.338 e. The van der Waals surface area contributed by atoms with E-state index >= 15 is 0 Å². The second-order valence-corrected chi connectivity index (χ2v) is 3.99. The van der Waals surface area contributed by atoms with Gasteiger partial charge in [0.1, 0.15) is 0 Å². The lowest BCUT2D eigenvalue weighted by Crippen LogP contribution is -2.61. The first-order chi connectivity index (χ1) is 6.42. The van der Waals surface area contributed by atoms with Crippen molar-refractivity contribution in [1.29, 1.82) is 0 Å². The van der Waals surface area contributed by atoms with E-state index in [9.17, 15) is 4.79 Å². The number of rotatable bonds is 7. The van der Waals surface area contributed by atoms with Crippen LogP contribution in [0.5, 0.6) is 0 Å². The third-order valence-corrected chi connectivity index (χ3v) is 2.68. The number of unbranched alkanes of at least 4 members (excludes halogenated alkanes) is 3. The number of carboxylic acids is 1. The van der Waals surface area contributed by atoms with Gasteiger partial charge in [0.2, 0.25) is 0 Å². The Morgan fingerprint density at radius 1 is 1.36 bits per heavy atom. The van der Waals surface area contributed by atoms with Gasteiger partial charge >= 0.3 is 5.97 Å². The Kier molecular flexibility index (Phi) is 5.72. The fourth-order valence-corrected chi connectivity index (χ4v) is 1.33. The number of carboxylic acid groups (broad SMARTS) is 1. The van der Waals surface area contributed by atoms with Gasteiger partial charge in [-0.25, -0.2) is 4.79 Å². The lowest BCUT2D eigenvalue weighted by Gasteiger charge is -2.26. The molecular formula is C10H22N2O2. The molecule has 0 rings (SSSR count). The second kappa shape index (κ2) is 5.98. The van der Waals surface area contributed by atoms with E-state index in [0.717, 1.165) is 19.3 Å². The monoisotopic (exact) mass is 202 g/mol. The highest BCUT2D eigenvalue weighted by molar-refractivity contribution is 5.77. The molecule has 0 radical (unpaired) electrons. The molecule has 5 N–H and O–H groups in total. The second-order valence-electron chi connectivity index (χ2n) is 3.99. The van der Waals surface area contributed by atoms with Crippen LogP contribution in [0, 0.1) is 5.92 Å². The van der Waals surface area contributed by atoms with Crippen molar-refractivity contribution in [3.63, 3.8) is 0 Å². The largest absolute Gasteiger partial charge is 0.479 e. The summed E-state index contributed by atoms with van der Waals surface area (Å²) in [5.41, 5.74) is 9.41. The van der Waals surface area contributed by atoms with E-state index in [1.165, 1.54) is 12.8 Å². The van der Waals surface area contributed by atoms with Crippen LogP contribution in [-0.2, 0) is 4.79 Å². The minimum atomic E-state index is -1.58. The van der Waals surface area contributed by atoms with Gasteiger partial charge in [-0.15, -0.1) is 0 Å². The van der Waals surface area contributed by atoms with Crippen molar-refractivity contribution in [3.05, 3.63) is 0 Å². The van der Waals surface area contributed by atoms with Crippen LogP contribution in [0.25, 0.3) is 0 Å². The Labute approximate surface area is 85.7 Å². The van der Waals surface area contributed by atoms with Gasteiger partial charge in [-0.2, -0.15) is 0 Å². The summed E-state index contributed by atoms with van der Waals surface area (Å²) >= 11 is 0. The van der Waals surface area contributed by atoms with Crippen molar-refractivity contribution < 1.29 is 9.90 Å². The molecule has 14 heavy (non-hydrogen) atoms. The molecule has 0 aliphatic rings. The summed E-state index contributed by atoms with van der Waals surface area (Å²) in [4.78, 5) is 10.7. The fourth-order valence-electron chi connectivity index (χ4n) is 1.33. The first-order valence-corrected chi connectivity index (χ1v) is 5.24. The van der Waals surface area contributed by atoms with Gasteiger partial charge in [-0.05, 0) is 12.3 Å². The van der Waals surface area contributed by atoms with Crippen LogP contribution in [0.3, 0.4) is 0 Å². The molecule has 1 atom stereocenters. The Morgan fingerprint density at radius 2 is 1.93 bits per heavy atom. The maximum atomic E-state index is 10.7. The SMILES string of the molecule is CCCCCCC(C)C(N)(N)C(=O)O. The van der Waals surface area contributed by atoms with Crippen LogP contribution in [0.4, 0.5) is 0 Å². The van der Waals surface area contributed by atoms with Crippen molar-refractivity contribution >= 4 is 5.97 Å². The van der Waals surface area contributed by atoms with Gasteiger partial charge in [0.15, 0.2) is 5.66 Å². The summed E-state index contributed by atoms with van der Waals surface area (Å²) in [7, 11) is 0. The number of aliphatic carboxylic acids is 1. The Morgan fingerprint density at radius 3 is 2.36 bits per heavy atom. The van der Waals surface area contributed by atoms with Gasteiger partial charge in [0.05, 0.1) is 0 Å². The molecular weight excluding hydrogens is 180 g/mol. The minimum Gasteiger partial charge on any atom is -0.479 e. The van der Waals surface area contributed by atoms with Gasteiger partial charge in [-0.1, -0.05) is 39.5 Å². The lowest BCUT2D eigenvalue weighted by atomic mass is 9.90. The van der Waals surface area contributed by atoms with Crippen LogP contribution in [0.1, 0.15) is 46.0 Å². The summed E-state index contributed by atoms with van der Waals surface area (Å²) in [6, 6.07) is 0. The number of nitrogens with two attached hydrogens (primary N) is 2. The predicted molar refractivity (Wildman–Crippen MR) is 56.7 cm³/mol. The molecule has 0 heterocycles. The van der Waals surface area contributed by atoms with Crippen molar-refractivity contribution in [2.75, 3.05) is 0 Å². The molecule has 0 aromatic rings. The van der Waals surface area contributed by atoms with Gasteiger partial charge in [0.25, 0.3) is 0 Å². The number of carbonyl (C=O) groups is 1. The van der Waals surface area contributed by atoms with E-state index in [-0.39, 0.29) is 5.92 Å². The van der Waals surface area contributed by atoms with Crippen LogP contribution < -0.4 is 11.5 Å². The molecule has 0 spiro atoms. The molecule has 0 aliphatic carbocycles. The van der Waals surface area contributed by atoms with Gasteiger partial charge in [-0.3, -0.25) is 0 Å². The lowest BCUT2D eigenvalue weighted by molar-refractivity contribution is -0.145. The topological polar surface area (TPSA) is 89.3 Å². The van der Waals surface area contributed by atoms with Crippen molar-refractivity contribution in [3.8, 4) is 0 Å². The summed E-state index contributed by atoms with van der Waals surface area (Å²) in [5, 5.41) is 8.76. The summed E-state index contributed by atoms with van der Waals surface area (Å²) in [6.07, 6.45) is 5.25. The molecule has 0 amide bonds. The normalized spacial score (nSPS) is 14.0. The highest BCUT2D eigenvalue weighted by Crippen LogP contribution is 2.17. The van der Waals surface area contributed by atoms with Crippen LogP contribution >= 0.6 is 0 Å². The van der Waals surface area contributed by atoms with E-state index in [1.54, 1.807) is 6.92 Å². The zero-order valence-electron chi connectivity index (χ0n) is 9.12. The van der Waals surface area contributed by atoms with E-state index in [1.807, 2.05) is 0 Å². The number of hydrogen-bond donors (Lipinski definition) is 3. The van der Waals surface area contributed by atoms with Crippen molar-refractivity contribution in [1.82, 2.24) is 0 Å². The molecule has 0 aromatic heterocycles. The summed E-state index contributed by atoms with van der Waals surface area (Å²) in [5.74, 6) is -1.31. The highest BCUT2D eigenvalue weighted by Gasteiger charge is 2.34. The Hall–Kier alpha value is -0.610. The molecule has 0 aromatic carbocycles. The zero-order chi connectivity index (χ0) is 11.2. The predicted octanol–water partition coefficient (Wildman–Crippen LogP) is 1.29. The molecule has 0 fully saturated rings. The fraction of sp³-hybridized carbons (Fsp3) is 0.900. The number of hydrogen-bond acceptors (Lipinski definition) is 3. The summed E-state index contributed by atoms with van der Waals surface area (Å²) < 4.78 is 0. The van der Waals surface area contributed by atoms with Crippen molar-refractivity contribution in [2.45, 2.75) is 51.6 Å². The van der Waals surface area contributed by atoms with E-state index in [0.29, 0.717) is 0 Å². The van der Waals surface area contributed by atoms with E-state index in [2.05, 4.69) is 6.92 Å². The van der Waals surface area contributed by atoms with Gasteiger partial charge in [0, 0.05) is 0 Å².